The molecule has 0 aromatic heterocycles. The van der Waals surface area contributed by atoms with E-state index in [0.29, 0.717) is 43.3 Å². The summed E-state index contributed by atoms with van der Waals surface area (Å²) in [5.41, 5.74) is 4.18. The minimum Gasteiger partial charge on any atom is -0.483 e. The lowest BCUT2D eigenvalue weighted by Crippen LogP contribution is -2.41. The van der Waals surface area contributed by atoms with Crippen molar-refractivity contribution in [3.8, 4) is 5.75 Å². The van der Waals surface area contributed by atoms with Gasteiger partial charge in [0.2, 0.25) is 0 Å². The van der Waals surface area contributed by atoms with Gasteiger partial charge in [0.25, 0.3) is 11.8 Å². The Morgan fingerprint density at radius 3 is 2.57 bits per heavy atom. The lowest BCUT2D eigenvalue weighted by Gasteiger charge is -2.27. The second-order valence-corrected chi connectivity index (χ2v) is 6.99. The second-order valence-electron chi connectivity index (χ2n) is 6.99. The highest BCUT2D eigenvalue weighted by atomic mass is 16.5. The SMILES string of the molecule is Cc1cc(C)c(C)c(OCC(=O)Nc2ccccc2C(=O)N2CCOCC2)c1. The van der Waals surface area contributed by atoms with Crippen molar-refractivity contribution in [1.82, 2.24) is 4.90 Å². The predicted octanol–water partition coefficient (Wildman–Crippen LogP) is 3.10. The van der Waals surface area contributed by atoms with E-state index in [0.717, 1.165) is 16.7 Å². The zero-order valence-electron chi connectivity index (χ0n) is 16.6. The number of hydrogen-bond donors (Lipinski definition) is 1. The molecule has 2 aromatic rings. The Morgan fingerprint density at radius 2 is 1.82 bits per heavy atom. The Kier molecular flexibility index (Phi) is 6.31. The van der Waals surface area contributed by atoms with Gasteiger partial charge in [0.1, 0.15) is 5.75 Å². The van der Waals surface area contributed by atoms with Crippen LogP contribution in [0.2, 0.25) is 0 Å². The summed E-state index contributed by atoms with van der Waals surface area (Å²) in [6.07, 6.45) is 0. The van der Waals surface area contributed by atoms with Crippen LogP contribution in [-0.4, -0.2) is 49.6 Å². The summed E-state index contributed by atoms with van der Waals surface area (Å²) in [4.78, 5) is 27.0. The first-order chi connectivity index (χ1) is 13.5. The van der Waals surface area contributed by atoms with Gasteiger partial charge in [-0.25, -0.2) is 0 Å². The summed E-state index contributed by atoms with van der Waals surface area (Å²) in [6.45, 7) is 8.02. The van der Waals surface area contributed by atoms with Crippen molar-refractivity contribution in [2.75, 3.05) is 38.2 Å². The maximum absolute atomic E-state index is 12.8. The molecule has 0 bridgehead atoms. The van der Waals surface area contributed by atoms with E-state index in [1.165, 1.54) is 0 Å². The molecular weight excluding hydrogens is 356 g/mol. The van der Waals surface area contributed by atoms with Crippen LogP contribution in [0.3, 0.4) is 0 Å². The highest BCUT2D eigenvalue weighted by Crippen LogP contribution is 2.23. The largest absolute Gasteiger partial charge is 0.483 e. The zero-order chi connectivity index (χ0) is 20.1. The molecule has 28 heavy (non-hydrogen) atoms. The molecule has 2 aromatic carbocycles. The van der Waals surface area contributed by atoms with Crippen molar-refractivity contribution in [3.63, 3.8) is 0 Å². The normalized spacial score (nSPS) is 13.9. The minimum atomic E-state index is -0.305. The van der Waals surface area contributed by atoms with Crippen LogP contribution in [0.1, 0.15) is 27.0 Å². The van der Waals surface area contributed by atoms with Crippen LogP contribution in [0, 0.1) is 20.8 Å². The number of nitrogens with zero attached hydrogens (tertiary/aromatic N) is 1. The highest BCUT2D eigenvalue weighted by Gasteiger charge is 2.21. The number of hydrogen-bond acceptors (Lipinski definition) is 4. The van der Waals surface area contributed by atoms with Crippen molar-refractivity contribution in [1.29, 1.82) is 0 Å². The van der Waals surface area contributed by atoms with Crippen LogP contribution >= 0.6 is 0 Å². The smallest absolute Gasteiger partial charge is 0.262 e. The first kappa shape index (κ1) is 19.9. The molecule has 1 fully saturated rings. The number of aryl methyl sites for hydroxylation is 2. The third-order valence-corrected chi connectivity index (χ3v) is 4.85. The monoisotopic (exact) mass is 382 g/mol. The predicted molar refractivity (Wildman–Crippen MR) is 108 cm³/mol. The third-order valence-electron chi connectivity index (χ3n) is 4.85. The fraction of sp³-hybridized carbons (Fsp3) is 0.364. The Balaban J connectivity index is 1.67. The van der Waals surface area contributed by atoms with E-state index >= 15 is 0 Å². The number of carbonyl (C=O) groups excluding carboxylic acids is 2. The van der Waals surface area contributed by atoms with Gasteiger partial charge in [-0.15, -0.1) is 0 Å². The van der Waals surface area contributed by atoms with Crippen molar-refractivity contribution >= 4 is 17.5 Å². The molecule has 0 radical (unpaired) electrons. The number of rotatable bonds is 5. The van der Waals surface area contributed by atoms with Gasteiger partial charge in [-0.05, 0) is 55.7 Å². The average Bonchev–Trinajstić information content (AvgIpc) is 2.70. The molecule has 1 N–H and O–H groups in total. The van der Waals surface area contributed by atoms with E-state index in [9.17, 15) is 9.59 Å². The Bertz CT molecular complexity index is 873. The molecule has 0 unspecified atom stereocenters. The standard InChI is InChI=1S/C22H26N2O4/c1-15-12-16(2)17(3)20(13-15)28-14-21(25)23-19-7-5-4-6-18(19)22(26)24-8-10-27-11-9-24/h4-7,12-13H,8-11,14H2,1-3H3,(H,23,25). The fourth-order valence-electron chi connectivity index (χ4n) is 3.20. The number of carbonyl (C=O) groups is 2. The van der Waals surface area contributed by atoms with Gasteiger partial charge in [-0.3, -0.25) is 9.59 Å². The van der Waals surface area contributed by atoms with Crippen LogP contribution in [0.25, 0.3) is 0 Å². The van der Waals surface area contributed by atoms with Crippen molar-refractivity contribution in [2.45, 2.75) is 20.8 Å². The molecular formula is C22H26N2O4. The topological polar surface area (TPSA) is 67.9 Å². The van der Waals surface area contributed by atoms with E-state index in [4.69, 9.17) is 9.47 Å². The molecule has 6 heteroatoms. The average molecular weight is 382 g/mol. The summed E-state index contributed by atoms with van der Waals surface area (Å²) in [7, 11) is 0. The number of anilines is 1. The molecule has 148 valence electrons. The van der Waals surface area contributed by atoms with E-state index in [2.05, 4.69) is 11.4 Å². The molecule has 0 saturated carbocycles. The summed E-state index contributed by atoms with van der Waals surface area (Å²) >= 11 is 0. The number of para-hydroxylation sites is 1. The Hall–Kier alpha value is -2.86. The zero-order valence-corrected chi connectivity index (χ0v) is 16.6. The number of ether oxygens (including phenoxy) is 2. The molecule has 0 spiro atoms. The molecule has 6 nitrogen and oxygen atoms in total. The molecule has 1 aliphatic heterocycles. The molecule has 0 atom stereocenters. The number of benzene rings is 2. The van der Waals surface area contributed by atoms with Crippen LogP contribution in [0.5, 0.6) is 5.75 Å². The number of amides is 2. The maximum Gasteiger partial charge on any atom is 0.262 e. The first-order valence-electron chi connectivity index (χ1n) is 9.42. The third kappa shape index (κ3) is 4.70. The van der Waals surface area contributed by atoms with E-state index < -0.39 is 0 Å². The van der Waals surface area contributed by atoms with Gasteiger partial charge in [0, 0.05) is 13.1 Å². The van der Waals surface area contributed by atoms with Gasteiger partial charge in [-0.2, -0.15) is 0 Å². The minimum absolute atomic E-state index is 0.106. The lowest BCUT2D eigenvalue weighted by molar-refractivity contribution is -0.118. The van der Waals surface area contributed by atoms with Crippen LogP contribution < -0.4 is 10.1 Å². The van der Waals surface area contributed by atoms with E-state index in [1.807, 2.05) is 26.8 Å². The number of morpholine rings is 1. The van der Waals surface area contributed by atoms with E-state index in [-0.39, 0.29) is 18.4 Å². The summed E-state index contributed by atoms with van der Waals surface area (Å²) in [5.74, 6) is 0.288. The second kappa shape index (κ2) is 8.89. The van der Waals surface area contributed by atoms with Gasteiger partial charge in [0.05, 0.1) is 24.5 Å². The van der Waals surface area contributed by atoms with Gasteiger partial charge >= 0.3 is 0 Å². The number of nitrogens with one attached hydrogen (secondary N) is 1. The summed E-state index contributed by atoms with van der Waals surface area (Å²) in [6, 6.07) is 11.0. The Labute approximate surface area is 165 Å². The van der Waals surface area contributed by atoms with Gasteiger partial charge < -0.3 is 19.7 Å². The molecule has 0 aliphatic carbocycles. The molecule has 2 amide bonds. The van der Waals surface area contributed by atoms with Crippen molar-refractivity contribution in [2.24, 2.45) is 0 Å². The summed E-state index contributed by atoms with van der Waals surface area (Å²) in [5, 5.41) is 2.81. The lowest BCUT2D eigenvalue weighted by atomic mass is 10.1. The van der Waals surface area contributed by atoms with Crippen LogP contribution in [0.15, 0.2) is 36.4 Å². The molecule has 3 rings (SSSR count). The molecule has 1 aliphatic rings. The quantitative estimate of drug-likeness (QED) is 0.863. The van der Waals surface area contributed by atoms with Crippen LogP contribution in [0.4, 0.5) is 5.69 Å². The fourth-order valence-corrected chi connectivity index (χ4v) is 3.20. The Morgan fingerprint density at radius 1 is 1.11 bits per heavy atom. The van der Waals surface area contributed by atoms with Gasteiger partial charge in [-0.1, -0.05) is 18.2 Å². The van der Waals surface area contributed by atoms with Crippen molar-refractivity contribution < 1.29 is 19.1 Å². The molecule has 1 heterocycles. The highest BCUT2D eigenvalue weighted by molar-refractivity contribution is 6.04. The summed E-state index contributed by atoms with van der Waals surface area (Å²) < 4.78 is 11.0. The van der Waals surface area contributed by atoms with Crippen molar-refractivity contribution in [3.05, 3.63) is 58.7 Å². The first-order valence-corrected chi connectivity index (χ1v) is 9.42. The maximum atomic E-state index is 12.8. The van der Waals surface area contributed by atoms with E-state index in [1.54, 1.807) is 29.2 Å². The van der Waals surface area contributed by atoms with Gasteiger partial charge in [0.15, 0.2) is 6.61 Å². The molecule has 1 saturated heterocycles. The van der Waals surface area contributed by atoms with Crippen LogP contribution in [-0.2, 0) is 9.53 Å².